The van der Waals surface area contributed by atoms with Crippen LogP contribution in [0, 0.1) is 0 Å². The van der Waals surface area contributed by atoms with Crippen molar-refractivity contribution >= 4 is 6.09 Å². The fraction of sp³-hybridized carbons (Fsp3) is 0.462. The Kier molecular flexibility index (Phi) is 3.98. The highest BCUT2D eigenvalue weighted by molar-refractivity contribution is 5.67. The molecule has 1 saturated heterocycles. The van der Waals surface area contributed by atoms with Gasteiger partial charge in [0.2, 0.25) is 0 Å². The van der Waals surface area contributed by atoms with Crippen LogP contribution in [0.1, 0.15) is 18.5 Å². The van der Waals surface area contributed by atoms with Crippen molar-refractivity contribution in [3.63, 3.8) is 0 Å². The number of ether oxygens (including phenoxy) is 1. The number of hydrogen-bond donors (Lipinski definition) is 1. The van der Waals surface area contributed by atoms with E-state index in [1.54, 1.807) is 4.90 Å². The highest BCUT2D eigenvalue weighted by Crippen LogP contribution is 2.17. The van der Waals surface area contributed by atoms with Gasteiger partial charge in [0, 0.05) is 19.6 Å². The van der Waals surface area contributed by atoms with E-state index in [0.717, 1.165) is 6.54 Å². The third-order valence-electron chi connectivity index (χ3n) is 2.90. The summed E-state index contributed by atoms with van der Waals surface area (Å²) in [6.07, 6.45) is -0.213. The van der Waals surface area contributed by atoms with Crippen LogP contribution < -0.4 is 5.32 Å². The van der Waals surface area contributed by atoms with E-state index in [1.807, 2.05) is 25.1 Å². The molecule has 1 aliphatic rings. The van der Waals surface area contributed by atoms with E-state index in [4.69, 9.17) is 4.74 Å². The molecule has 17 heavy (non-hydrogen) atoms. The molecular formula is C13H18N2O2. The second-order valence-electron chi connectivity index (χ2n) is 4.06. The Morgan fingerprint density at radius 2 is 2.24 bits per heavy atom. The Morgan fingerprint density at radius 3 is 2.94 bits per heavy atom. The maximum Gasteiger partial charge on any atom is 0.409 e. The summed E-state index contributed by atoms with van der Waals surface area (Å²) in [5.74, 6) is 0. The topological polar surface area (TPSA) is 41.6 Å². The fourth-order valence-corrected chi connectivity index (χ4v) is 2.04. The van der Waals surface area contributed by atoms with Crippen LogP contribution in [-0.4, -0.2) is 37.2 Å². The van der Waals surface area contributed by atoms with Crippen molar-refractivity contribution in [3.8, 4) is 0 Å². The Hall–Kier alpha value is -1.55. The van der Waals surface area contributed by atoms with Gasteiger partial charge in [-0.15, -0.1) is 0 Å². The molecule has 0 aliphatic carbocycles. The van der Waals surface area contributed by atoms with Gasteiger partial charge in [-0.1, -0.05) is 30.3 Å². The van der Waals surface area contributed by atoms with Crippen molar-refractivity contribution < 1.29 is 9.53 Å². The van der Waals surface area contributed by atoms with Gasteiger partial charge in [-0.05, 0) is 12.5 Å². The number of carbonyl (C=O) groups excluding carboxylic acids is 1. The first-order chi connectivity index (χ1) is 8.31. The number of hydrogen-bond acceptors (Lipinski definition) is 3. The van der Waals surface area contributed by atoms with Crippen LogP contribution in [-0.2, 0) is 4.74 Å². The zero-order valence-corrected chi connectivity index (χ0v) is 10.1. The second kappa shape index (κ2) is 5.68. The molecule has 0 spiro atoms. The van der Waals surface area contributed by atoms with E-state index in [2.05, 4.69) is 17.4 Å². The molecule has 2 rings (SSSR count). The van der Waals surface area contributed by atoms with Crippen LogP contribution in [0.4, 0.5) is 4.79 Å². The summed E-state index contributed by atoms with van der Waals surface area (Å²) in [5, 5.41) is 3.41. The zero-order valence-electron chi connectivity index (χ0n) is 10.1. The van der Waals surface area contributed by atoms with Crippen LogP contribution in [0.25, 0.3) is 0 Å². The Bertz CT molecular complexity index is 367. The van der Waals surface area contributed by atoms with Crippen molar-refractivity contribution in [3.05, 3.63) is 35.9 Å². The number of benzene rings is 1. The van der Waals surface area contributed by atoms with Crippen molar-refractivity contribution in [2.75, 3.05) is 26.2 Å². The molecule has 0 aromatic heterocycles. The summed E-state index contributed by atoms with van der Waals surface area (Å²) in [6.45, 7) is 4.44. The van der Waals surface area contributed by atoms with Gasteiger partial charge in [0.05, 0.1) is 12.6 Å². The normalized spacial score (nSPS) is 20.1. The molecule has 1 N–H and O–H groups in total. The number of piperazine rings is 1. The minimum absolute atomic E-state index is 0.203. The highest BCUT2D eigenvalue weighted by atomic mass is 16.6. The number of amides is 1. The average Bonchev–Trinajstić information content (AvgIpc) is 2.40. The van der Waals surface area contributed by atoms with E-state index in [9.17, 15) is 4.79 Å². The van der Waals surface area contributed by atoms with E-state index < -0.39 is 0 Å². The molecule has 1 aromatic rings. The Labute approximate surface area is 102 Å². The molecule has 1 amide bonds. The van der Waals surface area contributed by atoms with E-state index in [0.29, 0.717) is 19.7 Å². The summed E-state index contributed by atoms with van der Waals surface area (Å²) in [5.41, 5.74) is 1.21. The van der Waals surface area contributed by atoms with Crippen LogP contribution in [0.2, 0.25) is 0 Å². The third kappa shape index (κ3) is 2.97. The van der Waals surface area contributed by atoms with Gasteiger partial charge >= 0.3 is 6.09 Å². The van der Waals surface area contributed by atoms with E-state index in [1.165, 1.54) is 5.56 Å². The largest absolute Gasteiger partial charge is 0.450 e. The van der Waals surface area contributed by atoms with Crippen LogP contribution in [0.15, 0.2) is 30.3 Å². The lowest BCUT2D eigenvalue weighted by Crippen LogP contribution is -2.48. The number of nitrogens with zero attached hydrogens (tertiary/aromatic N) is 1. The minimum atomic E-state index is -0.213. The predicted octanol–water partition coefficient (Wildman–Crippen LogP) is 1.79. The van der Waals surface area contributed by atoms with Gasteiger partial charge in [-0.2, -0.15) is 0 Å². The first kappa shape index (κ1) is 11.9. The summed E-state index contributed by atoms with van der Waals surface area (Å²) in [6, 6.07) is 10.4. The van der Waals surface area contributed by atoms with Crippen molar-refractivity contribution in [1.29, 1.82) is 0 Å². The van der Waals surface area contributed by atoms with Gasteiger partial charge < -0.3 is 15.0 Å². The molecule has 1 aliphatic heterocycles. The van der Waals surface area contributed by atoms with Crippen molar-refractivity contribution in [2.45, 2.75) is 13.0 Å². The molecule has 0 radical (unpaired) electrons. The molecule has 1 heterocycles. The molecule has 1 aromatic carbocycles. The number of rotatable bonds is 2. The lowest BCUT2D eigenvalue weighted by atomic mass is 10.1. The summed E-state index contributed by atoms with van der Waals surface area (Å²) >= 11 is 0. The first-order valence-corrected chi connectivity index (χ1v) is 6.01. The molecule has 0 saturated carbocycles. The SMILES string of the molecule is CCOC(=O)N1CCN[C@H](c2ccccc2)C1. The summed E-state index contributed by atoms with van der Waals surface area (Å²) < 4.78 is 5.02. The predicted molar refractivity (Wildman–Crippen MR) is 65.8 cm³/mol. The second-order valence-corrected chi connectivity index (χ2v) is 4.06. The van der Waals surface area contributed by atoms with Gasteiger partial charge in [-0.25, -0.2) is 4.79 Å². The highest BCUT2D eigenvalue weighted by Gasteiger charge is 2.24. The molecular weight excluding hydrogens is 216 g/mol. The Balaban J connectivity index is 2.00. The molecule has 1 atom stereocenters. The Morgan fingerprint density at radius 1 is 1.47 bits per heavy atom. The van der Waals surface area contributed by atoms with Gasteiger partial charge in [0.15, 0.2) is 0 Å². The quantitative estimate of drug-likeness (QED) is 0.848. The first-order valence-electron chi connectivity index (χ1n) is 6.01. The molecule has 1 fully saturated rings. The molecule has 0 unspecified atom stereocenters. The number of nitrogens with one attached hydrogen (secondary N) is 1. The van der Waals surface area contributed by atoms with Crippen molar-refractivity contribution in [1.82, 2.24) is 10.2 Å². The lowest BCUT2D eigenvalue weighted by molar-refractivity contribution is 0.0948. The van der Waals surface area contributed by atoms with Crippen LogP contribution in [0.5, 0.6) is 0 Å². The molecule has 4 nitrogen and oxygen atoms in total. The van der Waals surface area contributed by atoms with Gasteiger partial charge in [0.1, 0.15) is 0 Å². The maximum absolute atomic E-state index is 11.7. The minimum Gasteiger partial charge on any atom is -0.450 e. The monoisotopic (exact) mass is 234 g/mol. The average molecular weight is 234 g/mol. The van der Waals surface area contributed by atoms with Crippen LogP contribution >= 0.6 is 0 Å². The lowest BCUT2D eigenvalue weighted by Gasteiger charge is -2.33. The fourth-order valence-electron chi connectivity index (χ4n) is 2.04. The molecule has 0 bridgehead atoms. The van der Waals surface area contributed by atoms with Gasteiger partial charge in [-0.3, -0.25) is 0 Å². The van der Waals surface area contributed by atoms with Crippen LogP contribution in [0.3, 0.4) is 0 Å². The maximum atomic E-state index is 11.7. The van der Waals surface area contributed by atoms with E-state index in [-0.39, 0.29) is 12.1 Å². The summed E-state index contributed by atoms with van der Waals surface area (Å²) in [7, 11) is 0. The van der Waals surface area contributed by atoms with E-state index >= 15 is 0 Å². The third-order valence-corrected chi connectivity index (χ3v) is 2.90. The van der Waals surface area contributed by atoms with Crippen molar-refractivity contribution in [2.24, 2.45) is 0 Å². The van der Waals surface area contributed by atoms with Gasteiger partial charge in [0.25, 0.3) is 0 Å². The molecule has 4 heteroatoms. The molecule has 92 valence electrons. The number of carbonyl (C=O) groups is 1. The zero-order chi connectivity index (χ0) is 12.1. The smallest absolute Gasteiger partial charge is 0.409 e. The standard InChI is InChI=1S/C13H18N2O2/c1-2-17-13(16)15-9-8-14-12(10-15)11-6-4-3-5-7-11/h3-7,12,14H,2,8-10H2,1H3/t12-/m0/s1. The summed E-state index contributed by atoms with van der Waals surface area (Å²) in [4.78, 5) is 13.4.